The van der Waals surface area contributed by atoms with Crippen molar-refractivity contribution in [3.05, 3.63) is 35.4 Å². The minimum absolute atomic E-state index is 0.183. The number of amides is 1. The fourth-order valence-electron chi connectivity index (χ4n) is 4.02. The monoisotopic (exact) mass is 356 g/mol. The highest BCUT2D eigenvalue weighted by Crippen LogP contribution is 2.33. The van der Waals surface area contributed by atoms with E-state index in [4.69, 9.17) is 0 Å². The minimum Gasteiger partial charge on any atom is -0.396 e. The maximum Gasteiger partial charge on any atom is 0.416 e. The smallest absolute Gasteiger partial charge is 0.396 e. The quantitative estimate of drug-likeness (QED) is 0.874. The lowest BCUT2D eigenvalue weighted by Crippen LogP contribution is -2.41. The average Bonchev–Trinajstić information content (AvgIpc) is 3.09. The van der Waals surface area contributed by atoms with Crippen LogP contribution in [-0.2, 0) is 6.18 Å². The summed E-state index contributed by atoms with van der Waals surface area (Å²) >= 11 is 0. The number of alkyl halides is 3. The Morgan fingerprint density at radius 1 is 1.16 bits per heavy atom. The Bertz CT molecular complexity index is 595. The lowest BCUT2D eigenvalue weighted by Gasteiger charge is -2.36. The number of rotatable bonds is 3. The number of aliphatic hydroxyl groups is 1. The number of aliphatic hydroxyl groups excluding tert-OH is 1. The summed E-state index contributed by atoms with van der Waals surface area (Å²) in [5.74, 6) is 0.981. The lowest BCUT2D eigenvalue weighted by atomic mass is 9.78. The Labute approximate surface area is 145 Å². The molecule has 1 amide bonds. The highest BCUT2D eigenvalue weighted by atomic mass is 19.4. The molecule has 2 atom stereocenters. The number of hydrogen-bond donors (Lipinski definition) is 2. The van der Waals surface area contributed by atoms with Gasteiger partial charge in [0.2, 0.25) is 0 Å². The molecule has 0 bridgehead atoms. The Balaban J connectivity index is 1.58. The fraction of sp³-hybridized carbons (Fsp3) is 0.611. The molecule has 2 saturated heterocycles. The molecule has 2 aliphatic rings. The minimum atomic E-state index is -4.39. The zero-order valence-electron chi connectivity index (χ0n) is 13.9. The highest BCUT2D eigenvalue weighted by molar-refractivity contribution is 5.94. The van der Waals surface area contributed by atoms with E-state index >= 15 is 0 Å². The van der Waals surface area contributed by atoms with Crippen molar-refractivity contribution in [2.45, 2.75) is 19.0 Å². The normalized spacial score (nSPS) is 25.4. The second-order valence-corrected chi connectivity index (χ2v) is 6.97. The van der Waals surface area contributed by atoms with Crippen LogP contribution in [0.1, 0.15) is 28.8 Å². The number of halogens is 3. The molecule has 7 heteroatoms. The summed E-state index contributed by atoms with van der Waals surface area (Å²) in [5, 5.41) is 12.8. The molecule has 1 aromatic rings. The summed E-state index contributed by atoms with van der Waals surface area (Å²) in [5.41, 5.74) is -0.450. The van der Waals surface area contributed by atoms with E-state index in [1.807, 2.05) is 0 Å². The Hall–Kier alpha value is -1.60. The number of carbonyl (C=O) groups is 1. The van der Waals surface area contributed by atoms with E-state index in [9.17, 15) is 23.1 Å². The van der Waals surface area contributed by atoms with Gasteiger partial charge in [-0.2, -0.15) is 13.2 Å². The van der Waals surface area contributed by atoms with E-state index < -0.39 is 11.7 Å². The van der Waals surface area contributed by atoms with Gasteiger partial charge < -0.3 is 15.3 Å². The molecule has 0 radical (unpaired) electrons. The summed E-state index contributed by atoms with van der Waals surface area (Å²) in [6.07, 6.45) is -2.65. The topological polar surface area (TPSA) is 52.6 Å². The number of benzene rings is 1. The zero-order chi connectivity index (χ0) is 18.0. The molecule has 0 spiro atoms. The van der Waals surface area contributed by atoms with Gasteiger partial charge in [-0.25, -0.2) is 0 Å². The van der Waals surface area contributed by atoms with Gasteiger partial charge >= 0.3 is 6.18 Å². The third-order valence-electron chi connectivity index (χ3n) is 5.52. The third-order valence-corrected chi connectivity index (χ3v) is 5.52. The van der Waals surface area contributed by atoms with Gasteiger partial charge in [0, 0.05) is 31.8 Å². The predicted octanol–water partition coefficient (Wildman–Crippen LogP) is 2.39. The molecule has 2 fully saturated rings. The van der Waals surface area contributed by atoms with Gasteiger partial charge in [0.1, 0.15) is 0 Å². The summed E-state index contributed by atoms with van der Waals surface area (Å²) in [4.78, 5) is 14.2. The first kappa shape index (κ1) is 18.2. The van der Waals surface area contributed by atoms with E-state index in [0.717, 1.165) is 38.1 Å². The van der Waals surface area contributed by atoms with Gasteiger partial charge in [0.05, 0.1) is 5.56 Å². The second-order valence-electron chi connectivity index (χ2n) is 6.97. The van der Waals surface area contributed by atoms with Gasteiger partial charge in [-0.05, 0) is 61.4 Å². The molecule has 1 aromatic carbocycles. The maximum absolute atomic E-state index is 12.6. The van der Waals surface area contributed by atoms with Crippen LogP contribution in [0.25, 0.3) is 0 Å². The summed E-state index contributed by atoms with van der Waals surface area (Å²) in [6, 6.07) is 4.41. The molecule has 138 valence electrons. The van der Waals surface area contributed by atoms with Gasteiger partial charge in [-0.15, -0.1) is 0 Å². The first-order chi connectivity index (χ1) is 11.9. The van der Waals surface area contributed by atoms with E-state index in [1.54, 1.807) is 4.90 Å². The van der Waals surface area contributed by atoms with E-state index in [0.29, 0.717) is 30.5 Å². The molecule has 2 N–H and O–H groups in total. The number of likely N-dealkylation sites (tertiary alicyclic amines) is 1. The van der Waals surface area contributed by atoms with Crippen LogP contribution < -0.4 is 5.32 Å². The van der Waals surface area contributed by atoms with Crippen molar-refractivity contribution in [2.24, 2.45) is 17.8 Å². The van der Waals surface area contributed by atoms with Crippen molar-refractivity contribution in [3.63, 3.8) is 0 Å². The molecule has 0 unspecified atom stereocenters. The molecule has 0 saturated carbocycles. The van der Waals surface area contributed by atoms with Crippen LogP contribution in [0.3, 0.4) is 0 Å². The van der Waals surface area contributed by atoms with E-state index in [1.165, 1.54) is 12.1 Å². The Morgan fingerprint density at radius 2 is 1.80 bits per heavy atom. The summed E-state index contributed by atoms with van der Waals surface area (Å²) in [7, 11) is 0. The zero-order valence-corrected chi connectivity index (χ0v) is 13.9. The van der Waals surface area contributed by atoms with Crippen molar-refractivity contribution in [2.75, 3.05) is 32.8 Å². The number of nitrogens with zero attached hydrogens (tertiary/aromatic N) is 1. The van der Waals surface area contributed by atoms with Crippen LogP contribution in [0.5, 0.6) is 0 Å². The molecule has 25 heavy (non-hydrogen) atoms. The SMILES string of the molecule is O=C(c1ccc(C(F)(F)F)cc1)N1CCC([C@@H]2CNC[C@H]2CO)CC1. The predicted molar refractivity (Wildman–Crippen MR) is 87.0 cm³/mol. The molecule has 3 rings (SSSR count). The van der Waals surface area contributed by atoms with Crippen molar-refractivity contribution < 1.29 is 23.1 Å². The van der Waals surface area contributed by atoms with Gasteiger partial charge in [0.15, 0.2) is 0 Å². The Kier molecular flexibility index (Phi) is 5.34. The number of nitrogens with one attached hydrogen (secondary N) is 1. The van der Waals surface area contributed by atoms with Gasteiger partial charge in [0.25, 0.3) is 5.91 Å². The van der Waals surface area contributed by atoms with Crippen molar-refractivity contribution in [1.82, 2.24) is 10.2 Å². The number of carbonyl (C=O) groups excluding carboxylic acids is 1. The van der Waals surface area contributed by atoms with Crippen molar-refractivity contribution in [1.29, 1.82) is 0 Å². The average molecular weight is 356 g/mol. The maximum atomic E-state index is 12.6. The highest BCUT2D eigenvalue weighted by Gasteiger charge is 2.36. The van der Waals surface area contributed by atoms with Crippen LogP contribution in [0, 0.1) is 17.8 Å². The van der Waals surface area contributed by atoms with Gasteiger partial charge in [-0.1, -0.05) is 0 Å². The lowest BCUT2D eigenvalue weighted by molar-refractivity contribution is -0.137. The largest absolute Gasteiger partial charge is 0.416 e. The van der Waals surface area contributed by atoms with Crippen LogP contribution in [0.15, 0.2) is 24.3 Å². The van der Waals surface area contributed by atoms with Crippen LogP contribution in [0.4, 0.5) is 13.2 Å². The van der Waals surface area contributed by atoms with Crippen molar-refractivity contribution >= 4 is 5.91 Å². The summed E-state index contributed by atoms with van der Waals surface area (Å²) < 4.78 is 37.8. The first-order valence-corrected chi connectivity index (χ1v) is 8.68. The molecule has 0 aromatic heterocycles. The number of hydrogen-bond acceptors (Lipinski definition) is 3. The van der Waals surface area contributed by atoms with Crippen LogP contribution in [0.2, 0.25) is 0 Å². The third kappa shape index (κ3) is 3.98. The van der Waals surface area contributed by atoms with Crippen LogP contribution in [-0.4, -0.2) is 48.7 Å². The standard InChI is InChI=1S/C18H23F3N2O2/c19-18(20,21)15-3-1-13(2-4-15)17(25)23-7-5-12(6-8-23)16-10-22-9-14(16)11-24/h1-4,12,14,16,22,24H,5-11H2/t14-,16-/m0/s1. The van der Waals surface area contributed by atoms with Gasteiger partial charge in [-0.3, -0.25) is 4.79 Å². The molecule has 4 nitrogen and oxygen atoms in total. The van der Waals surface area contributed by atoms with E-state index in [2.05, 4.69) is 5.32 Å². The Morgan fingerprint density at radius 3 is 2.36 bits per heavy atom. The van der Waals surface area contributed by atoms with Crippen LogP contribution >= 0.6 is 0 Å². The molecular formula is C18H23F3N2O2. The number of piperidine rings is 1. The fourth-order valence-corrected chi connectivity index (χ4v) is 4.02. The molecule has 2 aliphatic heterocycles. The second kappa shape index (κ2) is 7.33. The van der Waals surface area contributed by atoms with Crippen molar-refractivity contribution in [3.8, 4) is 0 Å². The molecule has 0 aliphatic carbocycles. The summed E-state index contributed by atoms with van der Waals surface area (Å²) in [6.45, 7) is 3.15. The van der Waals surface area contributed by atoms with E-state index in [-0.39, 0.29) is 18.4 Å². The first-order valence-electron chi connectivity index (χ1n) is 8.68. The molecular weight excluding hydrogens is 333 g/mol. The molecule has 2 heterocycles.